The molecule has 4 fully saturated rings. The van der Waals surface area contributed by atoms with Crippen LogP contribution in [0.15, 0.2) is 11.2 Å². The summed E-state index contributed by atoms with van der Waals surface area (Å²) in [5.41, 5.74) is -1.66. The number of amides is 1. The zero-order chi connectivity index (χ0) is 16.9. The van der Waals surface area contributed by atoms with Gasteiger partial charge in [-0.2, -0.15) is 4.99 Å². The summed E-state index contributed by atoms with van der Waals surface area (Å²) in [6.45, 7) is 3.28. The molecule has 4 bridgehead atoms. The molecular weight excluding hydrogens is 327 g/mol. The van der Waals surface area contributed by atoms with Gasteiger partial charge in [0.2, 0.25) is 0 Å². The minimum Gasteiger partial charge on any atom is -0.383 e. The van der Waals surface area contributed by atoms with Crippen LogP contribution in [0.25, 0.3) is 0 Å². The normalized spacial score (nSPS) is 38.0. The molecule has 0 N–H and O–H groups in total. The maximum Gasteiger partial charge on any atom is 0.254 e. The lowest BCUT2D eigenvalue weighted by molar-refractivity contribution is -0.157. The van der Waals surface area contributed by atoms with Crippen LogP contribution in [0.5, 0.6) is 0 Å². The summed E-state index contributed by atoms with van der Waals surface area (Å²) in [5.74, 6) is 0.661. The first-order valence-corrected chi connectivity index (χ1v) is 9.67. The highest BCUT2D eigenvalue weighted by Crippen LogP contribution is 2.63. The third-order valence-corrected chi connectivity index (χ3v) is 6.95. The van der Waals surface area contributed by atoms with Gasteiger partial charge in [-0.15, -0.1) is 11.3 Å². The molecule has 1 aromatic rings. The minimum absolute atomic E-state index is 0.0911. The number of hydrogen-bond donors (Lipinski definition) is 0. The van der Waals surface area contributed by atoms with Gasteiger partial charge in [0, 0.05) is 24.7 Å². The topological polar surface area (TPSA) is 43.6 Å². The average Bonchev–Trinajstić information content (AvgIpc) is 2.82. The molecule has 0 aliphatic heterocycles. The van der Waals surface area contributed by atoms with E-state index in [2.05, 4.69) is 4.99 Å². The first-order valence-electron chi connectivity index (χ1n) is 8.85. The quantitative estimate of drug-likeness (QED) is 0.835. The number of carbonyl (C=O) groups excluding carboxylic acids is 1. The Morgan fingerprint density at radius 3 is 2.75 bits per heavy atom. The molecule has 2 unspecified atom stereocenters. The number of aromatic nitrogens is 1. The number of aryl methyl sites for hydroxylation is 1. The van der Waals surface area contributed by atoms with Gasteiger partial charge in [0.1, 0.15) is 5.67 Å². The monoisotopic (exact) mass is 352 g/mol. The number of methoxy groups -OCH3 is 1. The molecule has 24 heavy (non-hydrogen) atoms. The standard InChI is InChI=1S/C18H25FN2O2S/c1-12-10-21(3-4-23-2)16(24-12)20-15(22)17-6-13-5-14(7-17)9-18(19,8-13)11-17/h10,13-14H,3-9,11H2,1-2H3/b20-16-. The number of nitrogens with zero attached hydrogens (tertiary/aromatic N) is 2. The predicted octanol–water partition coefficient (Wildman–Crippen LogP) is 3.24. The Balaban J connectivity index is 1.65. The van der Waals surface area contributed by atoms with Crippen molar-refractivity contribution in [2.75, 3.05) is 13.7 Å². The molecular formula is C18H25FN2O2S. The van der Waals surface area contributed by atoms with Gasteiger partial charge in [0.15, 0.2) is 4.80 Å². The molecule has 0 radical (unpaired) electrons. The summed E-state index contributed by atoms with van der Waals surface area (Å²) in [6, 6.07) is 0. The highest BCUT2D eigenvalue weighted by molar-refractivity contribution is 7.09. The maximum atomic E-state index is 15.1. The SMILES string of the molecule is COCCn1cc(C)s/c1=N\C(=O)C12CC3CC(CC(F)(C3)C1)C2. The number of alkyl halides is 1. The second-order valence-corrected chi connectivity index (χ2v) is 9.33. The number of ether oxygens (including phenoxy) is 1. The van der Waals surface area contributed by atoms with Gasteiger partial charge < -0.3 is 9.30 Å². The molecule has 6 heteroatoms. The molecule has 5 rings (SSSR count). The molecule has 4 aliphatic carbocycles. The Labute approximate surface area is 145 Å². The van der Waals surface area contributed by atoms with Crippen molar-refractivity contribution in [3.63, 3.8) is 0 Å². The van der Waals surface area contributed by atoms with Gasteiger partial charge in [-0.3, -0.25) is 4.79 Å². The summed E-state index contributed by atoms with van der Waals surface area (Å²) in [4.78, 5) is 19.4. The third kappa shape index (κ3) is 2.77. The van der Waals surface area contributed by atoms with Gasteiger partial charge in [-0.1, -0.05) is 0 Å². The largest absolute Gasteiger partial charge is 0.383 e. The van der Waals surface area contributed by atoms with E-state index in [1.54, 1.807) is 7.11 Å². The summed E-state index contributed by atoms with van der Waals surface area (Å²) < 4.78 is 22.2. The number of rotatable bonds is 4. The van der Waals surface area contributed by atoms with Gasteiger partial charge in [-0.05, 0) is 57.3 Å². The molecule has 1 aromatic heterocycles. The smallest absolute Gasteiger partial charge is 0.254 e. The predicted molar refractivity (Wildman–Crippen MR) is 90.4 cm³/mol. The van der Waals surface area contributed by atoms with Crippen molar-refractivity contribution in [2.45, 2.75) is 57.7 Å². The molecule has 1 heterocycles. The molecule has 0 saturated heterocycles. The fourth-order valence-corrected chi connectivity index (χ4v) is 6.40. The Kier molecular flexibility index (Phi) is 3.95. The highest BCUT2D eigenvalue weighted by atomic mass is 32.1. The Morgan fingerprint density at radius 2 is 2.12 bits per heavy atom. The van der Waals surface area contributed by atoms with E-state index in [-0.39, 0.29) is 5.91 Å². The van der Waals surface area contributed by atoms with E-state index in [9.17, 15) is 4.79 Å². The minimum atomic E-state index is -1.12. The van der Waals surface area contributed by atoms with Crippen LogP contribution >= 0.6 is 11.3 Å². The average molecular weight is 352 g/mol. The zero-order valence-corrected chi connectivity index (χ0v) is 15.2. The first kappa shape index (κ1) is 16.5. The van der Waals surface area contributed by atoms with E-state index in [4.69, 9.17) is 4.74 Å². The Morgan fingerprint density at radius 1 is 1.42 bits per heavy atom. The van der Waals surface area contributed by atoms with Crippen LogP contribution < -0.4 is 4.80 Å². The van der Waals surface area contributed by atoms with Crippen molar-refractivity contribution in [3.8, 4) is 0 Å². The Bertz CT molecular complexity index is 709. The summed E-state index contributed by atoms with van der Waals surface area (Å²) >= 11 is 1.52. The van der Waals surface area contributed by atoms with Crippen LogP contribution in [0.2, 0.25) is 0 Å². The summed E-state index contributed by atoms with van der Waals surface area (Å²) in [6.07, 6.45) is 6.48. The number of thiazole rings is 1. The first-order chi connectivity index (χ1) is 11.4. The van der Waals surface area contributed by atoms with E-state index in [1.165, 1.54) is 11.3 Å². The second-order valence-electron chi connectivity index (χ2n) is 8.12. The third-order valence-electron chi connectivity index (χ3n) is 6.01. The fourth-order valence-electron chi connectivity index (χ4n) is 5.55. The van der Waals surface area contributed by atoms with E-state index >= 15 is 4.39 Å². The van der Waals surface area contributed by atoms with Crippen LogP contribution in [-0.2, 0) is 16.1 Å². The lowest BCUT2D eigenvalue weighted by Crippen LogP contribution is -2.56. The van der Waals surface area contributed by atoms with Crippen molar-refractivity contribution in [3.05, 3.63) is 15.9 Å². The number of halogens is 1. The molecule has 2 atom stereocenters. The number of hydrogen-bond acceptors (Lipinski definition) is 3. The summed E-state index contributed by atoms with van der Waals surface area (Å²) in [5, 5.41) is 0. The van der Waals surface area contributed by atoms with Crippen LogP contribution in [0.1, 0.15) is 43.4 Å². The van der Waals surface area contributed by atoms with E-state index in [0.29, 0.717) is 44.2 Å². The highest BCUT2D eigenvalue weighted by Gasteiger charge is 2.61. The van der Waals surface area contributed by atoms with Crippen molar-refractivity contribution in [1.82, 2.24) is 4.57 Å². The number of carbonyl (C=O) groups is 1. The lowest BCUT2D eigenvalue weighted by Gasteiger charge is -2.57. The molecule has 4 saturated carbocycles. The maximum absolute atomic E-state index is 15.1. The van der Waals surface area contributed by atoms with Crippen molar-refractivity contribution >= 4 is 17.2 Å². The summed E-state index contributed by atoms with van der Waals surface area (Å²) in [7, 11) is 1.66. The van der Waals surface area contributed by atoms with Crippen LogP contribution in [-0.4, -0.2) is 29.9 Å². The Hall–Kier alpha value is -1.01. The lowest BCUT2D eigenvalue weighted by atomic mass is 9.48. The van der Waals surface area contributed by atoms with E-state index in [0.717, 1.165) is 28.9 Å². The van der Waals surface area contributed by atoms with E-state index < -0.39 is 11.1 Å². The van der Waals surface area contributed by atoms with Gasteiger partial charge in [0.05, 0.1) is 12.0 Å². The van der Waals surface area contributed by atoms with E-state index in [1.807, 2.05) is 17.7 Å². The second kappa shape index (κ2) is 5.77. The van der Waals surface area contributed by atoms with Gasteiger partial charge in [-0.25, -0.2) is 4.39 Å². The zero-order valence-electron chi connectivity index (χ0n) is 14.4. The van der Waals surface area contributed by atoms with Crippen molar-refractivity contribution < 1.29 is 13.9 Å². The van der Waals surface area contributed by atoms with Crippen molar-refractivity contribution in [2.24, 2.45) is 22.2 Å². The molecule has 0 spiro atoms. The molecule has 4 nitrogen and oxygen atoms in total. The molecule has 0 aromatic carbocycles. The van der Waals surface area contributed by atoms with Crippen molar-refractivity contribution in [1.29, 1.82) is 0 Å². The van der Waals surface area contributed by atoms with Gasteiger partial charge in [0.25, 0.3) is 5.91 Å². The molecule has 132 valence electrons. The molecule has 1 amide bonds. The van der Waals surface area contributed by atoms with Crippen LogP contribution in [0.3, 0.4) is 0 Å². The molecule has 4 aliphatic rings. The van der Waals surface area contributed by atoms with Gasteiger partial charge >= 0.3 is 0 Å². The van der Waals surface area contributed by atoms with Crippen LogP contribution in [0, 0.1) is 24.2 Å². The fraction of sp³-hybridized carbons (Fsp3) is 0.778. The van der Waals surface area contributed by atoms with Crippen LogP contribution in [0.4, 0.5) is 4.39 Å².